The van der Waals surface area contributed by atoms with Crippen molar-refractivity contribution in [1.82, 2.24) is 9.29 Å². The van der Waals surface area contributed by atoms with E-state index in [1.54, 1.807) is 36.5 Å². The number of Topliss-reactive ketones (excluding diaryl/α,β-unsaturated/α-hetero) is 1. The number of ketones is 1. The number of benzene rings is 2. The Balaban J connectivity index is 1.31. The van der Waals surface area contributed by atoms with Crippen LogP contribution >= 0.6 is 0 Å². The number of halogens is 1. The number of aromatic nitrogens is 1. The second-order valence-corrected chi connectivity index (χ2v) is 10.4. The summed E-state index contributed by atoms with van der Waals surface area (Å²) in [7, 11) is -4.05. The van der Waals surface area contributed by atoms with Crippen molar-refractivity contribution >= 4 is 26.8 Å². The summed E-state index contributed by atoms with van der Waals surface area (Å²) < 4.78 is 46.7. The molecule has 35 heavy (non-hydrogen) atoms. The average molecular weight is 495 g/mol. The lowest BCUT2D eigenvalue weighted by atomic mass is 10.0. The maximum absolute atomic E-state index is 13.5. The molecule has 1 aliphatic rings. The highest BCUT2D eigenvalue weighted by Crippen LogP contribution is 2.32. The van der Waals surface area contributed by atoms with E-state index in [1.807, 2.05) is 6.07 Å². The van der Waals surface area contributed by atoms with E-state index in [-0.39, 0.29) is 35.2 Å². The maximum Gasteiger partial charge on any atom is 0.277 e. The average Bonchev–Trinajstić information content (AvgIpc) is 3.51. The predicted molar refractivity (Wildman–Crippen MR) is 128 cm³/mol. The number of hydrogen-bond donors (Lipinski definition) is 1. The zero-order chi connectivity index (χ0) is 24.6. The largest absolute Gasteiger partial charge is 0.507 e. The molecule has 9 heteroatoms. The quantitative estimate of drug-likeness (QED) is 0.400. The molecule has 0 saturated carbocycles. The molecule has 1 aliphatic heterocycles. The van der Waals surface area contributed by atoms with Crippen LogP contribution in [0.3, 0.4) is 0 Å². The number of phenols is 1. The Labute approximate surface area is 201 Å². The highest BCUT2D eigenvalue weighted by Gasteiger charge is 2.40. The van der Waals surface area contributed by atoms with Crippen LogP contribution in [-0.4, -0.2) is 41.2 Å². The number of carbonyl (C=O) groups excluding carboxylic acids is 1. The third kappa shape index (κ3) is 4.56. The lowest BCUT2D eigenvalue weighted by molar-refractivity contribution is -0.122. The molecular weight excluding hydrogens is 471 g/mol. The lowest BCUT2D eigenvalue weighted by Crippen LogP contribution is -2.40. The molecule has 180 valence electrons. The van der Waals surface area contributed by atoms with Crippen LogP contribution in [0.2, 0.25) is 0 Å². The molecule has 1 N–H and O–H groups in total. The normalized spacial score (nSPS) is 16.7. The van der Waals surface area contributed by atoms with Crippen LogP contribution in [-0.2, 0) is 21.2 Å². The summed E-state index contributed by atoms with van der Waals surface area (Å²) >= 11 is 0. The van der Waals surface area contributed by atoms with E-state index in [9.17, 15) is 22.7 Å². The summed E-state index contributed by atoms with van der Waals surface area (Å²) in [6.07, 6.45) is 3.20. The Morgan fingerprint density at radius 2 is 1.97 bits per heavy atom. The molecule has 0 amide bonds. The Morgan fingerprint density at radius 1 is 1.14 bits per heavy atom. The first-order valence-corrected chi connectivity index (χ1v) is 12.7. The van der Waals surface area contributed by atoms with E-state index >= 15 is 0 Å². The van der Waals surface area contributed by atoms with E-state index in [2.05, 4.69) is 4.98 Å². The first kappa shape index (κ1) is 23.2. The number of fused-ring (bicyclic) bond motifs is 1. The van der Waals surface area contributed by atoms with Crippen LogP contribution in [0.25, 0.3) is 22.2 Å². The molecule has 0 radical (unpaired) electrons. The van der Waals surface area contributed by atoms with Gasteiger partial charge in [0.15, 0.2) is 5.78 Å². The molecule has 5 rings (SSSR count). The summed E-state index contributed by atoms with van der Waals surface area (Å²) in [6.45, 7) is 0.219. The fourth-order valence-corrected chi connectivity index (χ4v) is 6.11. The van der Waals surface area contributed by atoms with Gasteiger partial charge < -0.3 is 9.52 Å². The van der Waals surface area contributed by atoms with Crippen molar-refractivity contribution in [3.8, 4) is 17.0 Å². The number of nitrogens with zero attached hydrogens (tertiary/aromatic N) is 2. The van der Waals surface area contributed by atoms with Gasteiger partial charge in [0, 0.05) is 36.2 Å². The number of sulfonamides is 1. The number of rotatable bonds is 7. The van der Waals surface area contributed by atoms with Gasteiger partial charge in [0.2, 0.25) is 5.09 Å². The summed E-state index contributed by atoms with van der Waals surface area (Å²) in [4.78, 5) is 17.4. The first-order valence-electron chi connectivity index (χ1n) is 11.3. The zero-order valence-corrected chi connectivity index (χ0v) is 19.5. The van der Waals surface area contributed by atoms with E-state index in [1.165, 1.54) is 28.6 Å². The van der Waals surface area contributed by atoms with Gasteiger partial charge in [-0.15, -0.1) is 0 Å². The van der Waals surface area contributed by atoms with Gasteiger partial charge in [0.05, 0.1) is 11.7 Å². The van der Waals surface area contributed by atoms with Gasteiger partial charge in [0.25, 0.3) is 10.0 Å². The van der Waals surface area contributed by atoms with Crippen LogP contribution in [0, 0.1) is 5.82 Å². The molecule has 7 nitrogen and oxygen atoms in total. The summed E-state index contributed by atoms with van der Waals surface area (Å²) in [6, 6.07) is 14.8. The number of para-hydroxylation sites is 1. The Bertz CT molecular complexity index is 1520. The van der Waals surface area contributed by atoms with Crippen molar-refractivity contribution in [2.75, 3.05) is 6.54 Å². The Morgan fingerprint density at radius 3 is 2.80 bits per heavy atom. The number of hydrogen-bond acceptors (Lipinski definition) is 6. The number of aromatic hydroxyl groups is 1. The number of aryl methyl sites for hydroxylation is 1. The van der Waals surface area contributed by atoms with E-state index in [0.29, 0.717) is 35.9 Å². The van der Waals surface area contributed by atoms with Crippen molar-refractivity contribution in [2.45, 2.75) is 36.8 Å². The standard InChI is InChI=1S/C26H23FN2O5S/c27-19-8-10-25-18(15-19)16-26(34-25)35(32,33)29-13-3-5-22(29)24(31)9-7-17-11-12-28-21(14-17)20-4-1-2-6-23(20)30/h1-2,4,6,8,10-12,14-16,22,30H,3,5,7,9,13H2/t22-/m0/s1. The molecule has 0 spiro atoms. The molecule has 0 aliphatic carbocycles. The topological polar surface area (TPSA) is 101 Å². The number of phenolic OH excluding ortho intramolecular Hbond substituents is 1. The second-order valence-electron chi connectivity index (χ2n) is 8.55. The first-order chi connectivity index (χ1) is 16.8. The molecule has 1 saturated heterocycles. The molecule has 1 atom stereocenters. The van der Waals surface area contributed by atoms with Gasteiger partial charge in [-0.05, 0) is 67.3 Å². The molecule has 2 aromatic carbocycles. The molecule has 1 fully saturated rings. The van der Waals surface area contributed by atoms with Crippen molar-refractivity contribution in [2.24, 2.45) is 0 Å². The van der Waals surface area contributed by atoms with Crippen LogP contribution < -0.4 is 0 Å². The molecule has 4 aromatic rings. The van der Waals surface area contributed by atoms with Crippen LogP contribution in [0.15, 0.2) is 76.4 Å². The number of furan rings is 1. The van der Waals surface area contributed by atoms with E-state index < -0.39 is 21.9 Å². The Hall–Kier alpha value is -3.56. The molecule has 2 aromatic heterocycles. The fraction of sp³-hybridized carbons (Fsp3) is 0.231. The summed E-state index contributed by atoms with van der Waals surface area (Å²) in [5.41, 5.74) is 2.32. The second kappa shape index (κ2) is 9.24. The minimum atomic E-state index is -4.05. The van der Waals surface area contributed by atoms with Gasteiger partial charge in [0.1, 0.15) is 17.1 Å². The van der Waals surface area contributed by atoms with Gasteiger partial charge >= 0.3 is 0 Å². The fourth-order valence-electron chi connectivity index (χ4n) is 4.48. The SMILES string of the molecule is O=C(CCc1ccnc(-c2ccccc2O)c1)[C@@H]1CCCN1S(=O)(=O)c1cc2cc(F)ccc2o1. The predicted octanol–water partition coefficient (Wildman–Crippen LogP) is 4.69. The monoisotopic (exact) mass is 494 g/mol. The highest BCUT2D eigenvalue weighted by molar-refractivity contribution is 7.89. The van der Waals surface area contributed by atoms with Gasteiger partial charge in [-0.3, -0.25) is 9.78 Å². The minimum Gasteiger partial charge on any atom is -0.507 e. The van der Waals surface area contributed by atoms with Gasteiger partial charge in [-0.1, -0.05) is 12.1 Å². The lowest BCUT2D eigenvalue weighted by Gasteiger charge is -2.21. The Kier molecular flexibility index (Phi) is 6.12. The van der Waals surface area contributed by atoms with Crippen LogP contribution in [0.1, 0.15) is 24.8 Å². The molecule has 3 heterocycles. The van der Waals surface area contributed by atoms with Crippen LogP contribution in [0.4, 0.5) is 4.39 Å². The zero-order valence-electron chi connectivity index (χ0n) is 18.7. The van der Waals surface area contributed by atoms with Gasteiger partial charge in [-0.25, -0.2) is 12.8 Å². The van der Waals surface area contributed by atoms with Crippen LogP contribution in [0.5, 0.6) is 5.75 Å². The number of carbonyl (C=O) groups is 1. The number of pyridine rings is 1. The van der Waals surface area contributed by atoms with Crippen molar-refractivity contribution < 1.29 is 27.1 Å². The molecular formula is C26H23FN2O5S. The van der Waals surface area contributed by atoms with Crippen molar-refractivity contribution in [3.63, 3.8) is 0 Å². The summed E-state index contributed by atoms with van der Waals surface area (Å²) in [5, 5.41) is 10.2. The van der Waals surface area contributed by atoms with Gasteiger partial charge in [-0.2, -0.15) is 4.31 Å². The minimum absolute atomic E-state index is 0.119. The third-order valence-electron chi connectivity index (χ3n) is 6.26. The van der Waals surface area contributed by atoms with Crippen molar-refractivity contribution in [1.29, 1.82) is 0 Å². The maximum atomic E-state index is 13.5. The smallest absolute Gasteiger partial charge is 0.277 e. The summed E-state index contributed by atoms with van der Waals surface area (Å²) in [5.74, 6) is -0.541. The third-order valence-corrected chi connectivity index (χ3v) is 8.02. The van der Waals surface area contributed by atoms with Crippen molar-refractivity contribution in [3.05, 3.63) is 78.2 Å². The van der Waals surface area contributed by atoms with E-state index in [0.717, 1.165) is 5.56 Å². The molecule has 0 bridgehead atoms. The highest BCUT2D eigenvalue weighted by atomic mass is 32.2. The molecule has 0 unspecified atom stereocenters. The van der Waals surface area contributed by atoms with E-state index in [4.69, 9.17) is 4.42 Å².